The Bertz CT molecular complexity index is 93.7. The van der Waals surface area contributed by atoms with Crippen LogP contribution in [-0.2, 0) is 0 Å². The van der Waals surface area contributed by atoms with E-state index in [1.807, 2.05) is 0 Å². The summed E-state index contributed by atoms with van der Waals surface area (Å²) in [7, 11) is 0. The number of nitrogens with one attached hydrogen (secondary N) is 2. The SMILES string of the molecule is [O-][NH+]1NN=NC1[Te]. The number of rotatable bonds is 0. The van der Waals surface area contributed by atoms with Crippen LogP contribution >= 0.6 is 0 Å². The molecule has 0 bridgehead atoms. The summed E-state index contributed by atoms with van der Waals surface area (Å²) in [6.07, 6.45) is 0. The molecule has 2 atom stereocenters. The van der Waals surface area contributed by atoms with Gasteiger partial charge < -0.3 is 0 Å². The van der Waals surface area contributed by atoms with Gasteiger partial charge in [0.25, 0.3) is 0 Å². The van der Waals surface area contributed by atoms with Crippen LogP contribution in [0, 0.1) is 5.21 Å². The van der Waals surface area contributed by atoms with Crippen molar-refractivity contribution in [1.82, 2.24) is 5.53 Å². The van der Waals surface area contributed by atoms with Crippen molar-refractivity contribution < 1.29 is 5.17 Å². The maximum atomic E-state index is 10.3. The normalized spacial score (nSPS) is 38.6. The molecule has 7 heavy (non-hydrogen) atoms. The van der Waals surface area contributed by atoms with Crippen molar-refractivity contribution in [3.05, 3.63) is 5.21 Å². The van der Waals surface area contributed by atoms with Gasteiger partial charge in [-0.1, -0.05) is 0 Å². The zero-order valence-electron chi connectivity index (χ0n) is 3.29. The van der Waals surface area contributed by atoms with Gasteiger partial charge in [0, 0.05) is 0 Å². The number of hydrogen-bond donors (Lipinski definition) is 2. The van der Waals surface area contributed by atoms with Crippen molar-refractivity contribution in [3.8, 4) is 0 Å². The number of quaternary nitrogens is 1. The van der Waals surface area contributed by atoms with Crippen molar-refractivity contribution in [2.45, 2.75) is 4.21 Å². The molecule has 1 aliphatic heterocycles. The molecule has 5 nitrogen and oxygen atoms in total. The molecule has 0 aliphatic carbocycles. The molecule has 0 saturated carbocycles. The van der Waals surface area contributed by atoms with Gasteiger partial charge >= 0.3 is 52.8 Å². The van der Waals surface area contributed by atoms with Crippen molar-refractivity contribution in [1.29, 1.82) is 0 Å². The Balaban J connectivity index is 2.45. The average molecular weight is 215 g/mol. The van der Waals surface area contributed by atoms with Gasteiger partial charge in [-0.05, 0) is 0 Å². The van der Waals surface area contributed by atoms with E-state index >= 15 is 0 Å². The molecule has 2 N–H and O–H groups in total. The van der Waals surface area contributed by atoms with Gasteiger partial charge in [0.1, 0.15) is 0 Å². The van der Waals surface area contributed by atoms with Crippen molar-refractivity contribution in [2.24, 2.45) is 10.3 Å². The van der Waals surface area contributed by atoms with Crippen LogP contribution in [0.2, 0.25) is 0 Å². The summed E-state index contributed by atoms with van der Waals surface area (Å²) in [5.41, 5.74) is 2.19. The first-order chi connectivity index (χ1) is 3.30. The predicted molar refractivity (Wildman–Crippen MR) is 21.9 cm³/mol. The van der Waals surface area contributed by atoms with Crippen LogP contribution in [0.4, 0.5) is 0 Å². The third kappa shape index (κ3) is 1.01. The third-order valence-electron chi connectivity index (χ3n) is 0.547. The van der Waals surface area contributed by atoms with Crippen LogP contribution in [0.1, 0.15) is 0 Å². The minimum absolute atomic E-state index is 0.121. The Labute approximate surface area is 53.2 Å². The fourth-order valence-corrected chi connectivity index (χ4v) is 0.523. The van der Waals surface area contributed by atoms with Crippen LogP contribution < -0.4 is 10.7 Å². The van der Waals surface area contributed by atoms with Crippen molar-refractivity contribution in [3.63, 3.8) is 0 Å². The molecule has 1 rings (SSSR count). The van der Waals surface area contributed by atoms with Gasteiger partial charge in [-0.2, -0.15) is 0 Å². The molecular weight excluding hydrogens is 212 g/mol. The van der Waals surface area contributed by atoms with Crippen LogP contribution in [-0.4, -0.2) is 26.5 Å². The number of nitrogens with zero attached hydrogens (tertiary/aromatic N) is 2. The number of hydroxylamine groups is 1. The zero-order valence-corrected chi connectivity index (χ0v) is 5.62. The third-order valence-corrected chi connectivity index (χ3v) is 1.43. The Kier molecular flexibility index (Phi) is 1.44. The molecular formula is CH3N4OTe. The fourth-order valence-electron chi connectivity index (χ4n) is 0.238. The summed E-state index contributed by atoms with van der Waals surface area (Å²) < 4.78 is -0.268. The molecule has 0 aromatic rings. The van der Waals surface area contributed by atoms with Gasteiger partial charge in [-0.25, -0.2) is 0 Å². The Morgan fingerprint density at radius 2 is 2.57 bits per heavy atom. The van der Waals surface area contributed by atoms with E-state index in [2.05, 4.69) is 15.9 Å². The summed E-state index contributed by atoms with van der Waals surface area (Å²) in [5.74, 6) is 0. The van der Waals surface area contributed by atoms with Gasteiger partial charge in [0.05, 0.1) is 0 Å². The summed E-state index contributed by atoms with van der Waals surface area (Å²) in [4.78, 5) is 0. The molecule has 2 unspecified atom stereocenters. The minimum atomic E-state index is -0.268. The monoisotopic (exact) mass is 217 g/mol. The summed E-state index contributed by atoms with van der Waals surface area (Å²) in [6.45, 7) is 0. The second-order valence-electron chi connectivity index (χ2n) is 1.04. The van der Waals surface area contributed by atoms with Gasteiger partial charge in [0.2, 0.25) is 0 Å². The van der Waals surface area contributed by atoms with E-state index < -0.39 is 0 Å². The fraction of sp³-hybridized carbons (Fsp3) is 1.00. The molecule has 1 heterocycles. The second kappa shape index (κ2) is 1.92. The van der Waals surface area contributed by atoms with Crippen LogP contribution in [0.25, 0.3) is 0 Å². The van der Waals surface area contributed by atoms with E-state index in [-0.39, 0.29) is 9.39 Å². The molecule has 1 radical (unpaired) electrons. The summed E-state index contributed by atoms with van der Waals surface area (Å²) in [5, 5.41) is 16.9. The first-order valence-corrected chi connectivity index (χ1v) is 3.01. The van der Waals surface area contributed by atoms with Crippen LogP contribution in [0.15, 0.2) is 10.3 Å². The van der Waals surface area contributed by atoms with E-state index in [1.54, 1.807) is 22.3 Å². The zero-order chi connectivity index (χ0) is 5.28. The van der Waals surface area contributed by atoms with E-state index in [1.165, 1.54) is 0 Å². The first kappa shape index (κ1) is 5.25. The number of hydrogen-bond acceptors (Lipinski definition) is 4. The maximum absolute atomic E-state index is 10.3. The van der Waals surface area contributed by atoms with Crippen LogP contribution in [0.5, 0.6) is 0 Å². The van der Waals surface area contributed by atoms with Gasteiger partial charge in [-0.3, -0.25) is 0 Å². The van der Waals surface area contributed by atoms with E-state index in [9.17, 15) is 5.21 Å². The quantitative estimate of drug-likeness (QED) is 0.352. The first-order valence-electron chi connectivity index (χ1n) is 1.66. The molecule has 0 aromatic heterocycles. The average Bonchev–Trinajstić information content (AvgIpc) is 1.91. The van der Waals surface area contributed by atoms with E-state index in [4.69, 9.17) is 0 Å². The van der Waals surface area contributed by atoms with E-state index in [0.717, 1.165) is 0 Å². The van der Waals surface area contributed by atoms with Crippen LogP contribution in [0.3, 0.4) is 0 Å². The molecule has 39 valence electrons. The summed E-state index contributed by atoms with van der Waals surface area (Å²) >= 11 is 1.62. The Morgan fingerprint density at radius 1 is 1.86 bits per heavy atom. The standard InChI is InChI=1S/CH3N4OTe/c6-5-1(7)2-3-4-5/h1,5H,(H,2,4). The van der Waals surface area contributed by atoms with Gasteiger partial charge in [-0.15, -0.1) is 0 Å². The predicted octanol–water partition coefficient (Wildman–Crippen LogP) is -2.29. The molecule has 0 amide bonds. The molecule has 0 spiro atoms. The molecule has 0 fully saturated rings. The van der Waals surface area contributed by atoms with Crippen molar-refractivity contribution in [2.75, 3.05) is 0 Å². The molecule has 1 aliphatic rings. The molecule has 0 saturated heterocycles. The Hall–Kier alpha value is 0.110. The Morgan fingerprint density at radius 3 is 2.71 bits per heavy atom. The summed E-state index contributed by atoms with van der Waals surface area (Å²) in [6, 6.07) is 0. The second-order valence-corrected chi connectivity index (χ2v) is 2.32. The molecule has 0 aromatic carbocycles. The molecule has 6 heteroatoms. The van der Waals surface area contributed by atoms with Gasteiger partial charge in [0.15, 0.2) is 0 Å². The topological polar surface area (TPSA) is 64.2 Å². The van der Waals surface area contributed by atoms with Crippen molar-refractivity contribution >= 4 is 22.3 Å². The van der Waals surface area contributed by atoms with E-state index in [0.29, 0.717) is 0 Å².